The minimum Gasteiger partial charge on any atom is -0.395 e. The summed E-state index contributed by atoms with van der Waals surface area (Å²) in [6.45, 7) is 0.500. The summed E-state index contributed by atoms with van der Waals surface area (Å²) in [6, 6.07) is 19.4. The highest BCUT2D eigenvalue weighted by atomic mass is 32.2. The van der Waals surface area contributed by atoms with Crippen LogP contribution in [0.4, 0.5) is 0 Å². The third kappa shape index (κ3) is 4.59. The summed E-state index contributed by atoms with van der Waals surface area (Å²) in [5.74, 6) is 4.37. The van der Waals surface area contributed by atoms with Gasteiger partial charge in [0.25, 0.3) is 0 Å². The second-order valence-corrected chi connectivity index (χ2v) is 7.87. The Labute approximate surface area is 152 Å². The van der Waals surface area contributed by atoms with Crippen LogP contribution in [0.15, 0.2) is 59.8 Å². The molecule has 0 radical (unpaired) electrons. The highest BCUT2D eigenvalue weighted by Gasteiger charge is 2.20. The van der Waals surface area contributed by atoms with Crippen LogP contribution in [0.5, 0.6) is 0 Å². The Morgan fingerprint density at radius 1 is 1.00 bits per heavy atom. The van der Waals surface area contributed by atoms with Crippen molar-refractivity contribution in [2.45, 2.75) is 11.0 Å². The fraction of sp³-hybridized carbons (Fsp3) is 0.250. The van der Waals surface area contributed by atoms with Crippen LogP contribution in [-0.2, 0) is 4.84 Å². The summed E-state index contributed by atoms with van der Waals surface area (Å²) in [5.41, 5.74) is 4.97. The first-order valence-corrected chi connectivity index (χ1v) is 9.96. The van der Waals surface area contributed by atoms with Gasteiger partial charge in [0, 0.05) is 17.9 Å². The van der Waals surface area contributed by atoms with E-state index in [0.29, 0.717) is 17.6 Å². The van der Waals surface area contributed by atoms with E-state index in [2.05, 4.69) is 59.6 Å². The Kier molecular flexibility index (Phi) is 6.28. The molecule has 0 amide bonds. The van der Waals surface area contributed by atoms with Gasteiger partial charge in [0.15, 0.2) is 0 Å². The van der Waals surface area contributed by atoms with E-state index in [1.807, 2.05) is 29.6 Å². The number of nitrogens with zero attached hydrogens (tertiary/aromatic N) is 1. The van der Waals surface area contributed by atoms with Crippen LogP contribution in [0, 0.1) is 12.3 Å². The molecular weight excluding hydrogens is 334 g/mol. The first-order valence-electron chi connectivity index (χ1n) is 7.86. The van der Waals surface area contributed by atoms with Crippen LogP contribution in [0.3, 0.4) is 0 Å². The molecule has 0 spiro atoms. The van der Waals surface area contributed by atoms with Gasteiger partial charge >= 0.3 is 0 Å². The smallest absolute Gasteiger partial charge is 0.128 e. The number of thioether (sulfide) groups is 2. The highest BCUT2D eigenvalue weighted by Crippen LogP contribution is 2.43. The monoisotopic (exact) mass is 353 g/mol. The molecule has 2 nitrogen and oxygen atoms in total. The van der Waals surface area contributed by atoms with Crippen LogP contribution >= 0.6 is 23.5 Å². The molecule has 1 aliphatic heterocycles. The van der Waals surface area contributed by atoms with Crippen molar-refractivity contribution in [1.29, 1.82) is 0 Å². The minimum absolute atomic E-state index is 0.458. The van der Waals surface area contributed by atoms with Gasteiger partial charge in [-0.15, -0.1) is 35.9 Å². The molecule has 0 atom stereocenters. The molecule has 122 valence electrons. The number of hydrogen-bond donors (Lipinski definition) is 0. The molecule has 0 aromatic heterocycles. The van der Waals surface area contributed by atoms with Crippen LogP contribution in [0.2, 0.25) is 0 Å². The zero-order valence-corrected chi connectivity index (χ0v) is 15.0. The van der Waals surface area contributed by atoms with Gasteiger partial charge in [0.1, 0.15) is 6.61 Å². The van der Waals surface area contributed by atoms with Crippen LogP contribution < -0.4 is 0 Å². The molecule has 4 heteroatoms. The average molecular weight is 354 g/mol. The fourth-order valence-corrected chi connectivity index (χ4v) is 5.00. The normalized spacial score (nSPS) is 17.1. The lowest BCUT2D eigenvalue weighted by molar-refractivity contribution is 0.150. The van der Waals surface area contributed by atoms with E-state index in [4.69, 9.17) is 11.3 Å². The topological polar surface area (TPSA) is 21.6 Å². The van der Waals surface area contributed by atoms with Crippen molar-refractivity contribution >= 4 is 29.2 Å². The summed E-state index contributed by atoms with van der Waals surface area (Å²) in [7, 11) is 0. The third-order valence-electron chi connectivity index (χ3n) is 3.62. The van der Waals surface area contributed by atoms with E-state index in [9.17, 15) is 0 Å². The lowest BCUT2D eigenvalue weighted by Gasteiger charge is -2.22. The molecular formula is C20H19NOS2. The molecule has 0 saturated carbocycles. The van der Waals surface area contributed by atoms with Gasteiger partial charge in [-0.3, -0.25) is 0 Å². The first kappa shape index (κ1) is 17.0. The Bertz CT molecular complexity index is 710. The Morgan fingerprint density at radius 2 is 1.67 bits per heavy atom. The fourth-order valence-electron chi connectivity index (χ4n) is 2.38. The number of rotatable bonds is 5. The standard InChI is InChI=1S/C20H19NOS2/c1-2-3-13-22-21-19-14-23-20(24-15-19)18-11-9-17(10-12-18)16-7-5-4-6-8-16/h1,4-12,20H,3,13-15H2. The maximum atomic E-state index is 5.24. The quantitative estimate of drug-likeness (QED) is 0.417. The average Bonchev–Trinajstić information content (AvgIpc) is 2.67. The van der Waals surface area contributed by atoms with Gasteiger partial charge in [-0.05, 0) is 16.7 Å². The van der Waals surface area contributed by atoms with Crippen LogP contribution in [-0.4, -0.2) is 23.8 Å². The summed E-state index contributed by atoms with van der Waals surface area (Å²) in [5, 5.41) is 4.18. The molecule has 1 aliphatic rings. The van der Waals surface area contributed by atoms with Crippen molar-refractivity contribution in [2.75, 3.05) is 18.1 Å². The Balaban J connectivity index is 1.56. The Hall–Kier alpha value is -1.83. The van der Waals surface area contributed by atoms with Crippen LogP contribution in [0.25, 0.3) is 11.1 Å². The predicted octanol–water partition coefficient (Wildman–Crippen LogP) is 5.23. The van der Waals surface area contributed by atoms with Gasteiger partial charge in [-0.25, -0.2) is 0 Å². The molecule has 0 aliphatic carbocycles. The summed E-state index contributed by atoms with van der Waals surface area (Å²) in [6.07, 6.45) is 5.80. The molecule has 2 aromatic rings. The van der Waals surface area contributed by atoms with Crippen molar-refractivity contribution in [1.82, 2.24) is 0 Å². The number of terminal acetylenes is 1. The largest absolute Gasteiger partial charge is 0.395 e. The molecule has 0 N–H and O–H groups in total. The van der Waals surface area contributed by atoms with Crippen molar-refractivity contribution in [3.8, 4) is 23.5 Å². The van der Waals surface area contributed by atoms with Crippen molar-refractivity contribution in [3.05, 3.63) is 60.2 Å². The van der Waals surface area contributed by atoms with Crippen molar-refractivity contribution in [2.24, 2.45) is 5.16 Å². The molecule has 24 heavy (non-hydrogen) atoms. The summed E-state index contributed by atoms with van der Waals surface area (Å²) >= 11 is 3.80. The molecule has 3 rings (SSSR count). The van der Waals surface area contributed by atoms with Gasteiger partial charge < -0.3 is 4.84 Å². The van der Waals surface area contributed by atoms with E-state index in [-0.39, 0.29) is 0 Å². The highest BCUT2D eigenvalue weighted by molar-refractivity contribution is 8.18. The minimum atomic E-state index is 0.458. The molecule has 0 bridgehead atoms. The molecule has 1 saturated heterocycles. The number of hydrogen-bond acceptors (Lipinski definition) is 4. The van der Waals surface area contributed by atoms with Gasteiger partial charge in [-0.1, -0.05) is 59.8 Å². The molecule has 1 fully saturated rings. The zero-order chi connectivity index (χ0) is 16.6. The Morgan fingerprint density at radius 3 is 2.33 bits per heavy atom. The number of benzene rings is 2. The van der Waals surface area contributed by atoms with Crippen LogP contribution in [0.1, 0.15) is 16.6 Å². The summed E-state index contributed by atoms with van der Waals surface area (Å²) in [4.78, 5) is 5.24. The maximum absolute atomic E-state index is 5.24. The zero-order valence-electron chi connectivity index (χ0n) is 13.4. The van der Waals surface area contributed by atoms with Gasteiger partial charge in [0.05, 0.1) is 10.3 Å². The van der Waals surface area contributed by atoms with E-state index in [0.717, 1.165) is 17.2 Å². The summed E-state index contributed by atoms with van der Waals surface area (Å²) < 4.78 is 0.458. The molecule has 0 unspecified atom stereocenters. The van der Waals surface area contributed by atoms with Gasteiger partial charge in [0.2, 0.25) is 0 Å². The van der Waals surface area contributed by atoms with E-state index in [1.165, 1.54) is 16.7 Å². The lowest BCUT2D eigenvalue weighted by atomic mass is 10.0. The third-order valence-corrected chi connectivity index (χ3v) is 6.59. The first-order chi connectivity index (χ1) is 11.9. The van der Waals surface area contributed by atoms with E-state index >= 15 is 0 Å². The molecule has 2 aromatic carbocycles. The number of oxime groups is 1. The second-order valence-electron chi connectivity index (χ2n) is 5.39. The van der Waals surface area contributed by atoms with Gasteiger partial charge in [-0.2, -0.15) is 0 Å². The molecule has 1 heterocycles. The lowest BCUT2D eigenvalue weighted by Crippen LogP contribution is -2.14. The van der Waals surface area contributed by atoms with Crippen molar-refractivity contribution in [3.63, 3.8) is 0 Å². The second kappa shape index (κ2) is 8.86. The van der Waals surface area contributed by atoms with Crippen molar-refractivity contribution < 1.29 is 4.84 Å². The maximum Gasteiger partial charge on any atom is 0.128 e. The van der Waals surface area contributed by atoms with E-state index in [1.54, 1.807) is 0 Å². The SMILES string of the molecule is C#CCCON=C1CSC(c2ccc(-c3ccccc3)cc2)SC1. The predicted molar refractivity (Wildman–Crippen MR) is 106 cm³/mol. The van der Waals surface area contributed by atoms with E-state index < -0.39 is 0 Å².